The van der Waals surface area contributed by atoms with E-state index in [0.29, 0.717) is 10.2 Å². The standard InChI is InChI=1S/C15H16BrFN4O4/c1-7-12-11(5-19-20-18)25-21(13(12)15(22)24-7)6-8-10(17)4-3-9(16)14(8)23-2/h3-4,7,11-13H,5-6H2,1-2H3/t7-,11-,12?,13?/m0/s1. The summed E-state index contributed by atoms with van der Waals surface area (Å²) < 4.78 is 25.5. The molecule has 0 amide bonds. The lowest BCUT2D eigenvalue weighted by molar-refractivity contribution is -0.188. The van der Waals surface area contributed by atoms with Gasteiger partial charge in [0.15, 0.2) is 0 Å². The van der Waals surface area contributed by atoms with Crippen molar-refractivity contribution in [3.63, 3.8) is 0 Å². The summed E-state index contributed by atoms with van der Waals surface area (Å²) in [4.78, 5) is 20.7. The number of carbonyl (C=O) groups excluding carboxylic acids is 1. The molecule has 2 aliphatic rings. The van der Waals surface area contributed by atoms with Crippen LogP contribution in [-0.2, 0) is 20.9 Å². The SMILES string of the molecule is COc1c(Br)ccc(F)c1CN1O[C@@H](CN=[N+]=[N-])C2C1C(=O)O[C@H]2C. The molecule has 134 valence electrons. The Kier molecular flexibility index (Phi) is 5.14. The summed E-state index contributed by atoms with van der Waals surface area (Å²) >= 11 is 3.32. The Bertz CT molecular complexity index is 742. The molecule has 2 fully saturated rings. The minimum atomic E-state index is -0.683. The Hall–Kier alpha value is -1.87. The highest BCUT2D eigenvalue weighted by Crippen LogP contribution is 2.40. The molecule has 0 bridgehead atoms. The molecule has 0 aliphatic carbocycles. The third kappa shape index (κ3) is 3.18. The molecule has 0 spiro atoms. The number of hydrogen-bond donors (Lipinski definition) is 0. The smallest absolute Gasteiger partial charge is 0.326 e. The van der Waals surface area contributed by atoms with E-state index in [1.54, 1.807) is 13.0 Å². The first kappa shape index (κ1) is 17.9. The Morgan fingerprint density at radius 2 is 2.28 bits per heavy atom. The monoisotopic (exact) mass is 414 g/mol. The molecule has 8 nitrogen and oxygen atoms in total. The normalized spacial score (nSPS) is 28.4. The number of halogens is 2. The zero-order valence-corrected chi connectivity index (χ0v) is 15.1. The van der Waals surface area contributed by atoms with Gasteiger partial charge in [-0.2, -0.15) is 5.06 Å². The second-order valence-corrected chi connectivity index (χ2v) is 6.69. The Morgan fingerprint density at radius 3 is 2.96 bits per heavy atom. The number of cyclic esters (lactones) is 1. The van der Waals surface area contributed by atoms with E-state index in [1.165, 1.54) is 18.2 Å². The summed E-state index contributed by atoms with van der Waals surface area (Å²) in [6.07, 6.45) is -0.890. The maximum atomic E-state index is 14.3. The molecule has 10 heteroatoms. The third-order valence-corrected chi connectivity index (χ3v) is 5.08. The van der Waals surface area contributed by atoms with Crippen LogP contribution in [0.1, 0.15) is 12.5 Å². The van der Waals surface area contributed by atoms with Crippen molar-refractivity contribution in [3.05, 3.63) is 38.4 Å². The second kappa shape index (κ2) is 7.17. The van der Waals surface area contributed by atoms with E-state index in [9.17, 15) is 9.18 Å². The summed E-state index contributed by atoms with van der Waals surface area (Å²) in [6, 6.07) is 2.17. The number of azide groups is 1. The van der Waals surface area contributed by atoms with Gasteiger partial charge in [-0.05, 0) is 40.5 Å². The quantitative estimate of drug-likeness (QED) is 0.319. The van der Waals surface area contributed by atoms with Gasteiger partial charge in [0.2, 0.25) is 0 Å². The number of hydrogen-bond acceptors (Lipinski definition) is 6. The number of hydroxylamine groups is 2. The van der Waals surface area contributed by atoms with Crippen LogP contribution in [0.5, 0.6) is 5.75 Å². The Balaban J connectivity index is 1.91. The molecular weight excluding hydrogens is 399 g/mol. The van der Waals surface area contributed by atoms with Crippen LogP contribution in [0.3, 0.4) is 0 Å². The van der Waals surface area contributed by atoms with Gasteiger partial charge in [-0.15, -0.1) is 0 Å². The summed E-state index contributed by atoms with van der Waals surface area (Å²) in [6.45, 7) is 1.82. The molecule has 2 aliphatic heterocycles. The summed E-state index contributed by atoms with van der Waals surface area (Å²) in [5, 5.41) is 4.93. The number of ether oxygens (including phenoxy) is 2. The van der Waals surface area contributed by atoms with E-state index in [4.69, 9.17) is 19.8 Å². The molecule has 0 aromatic heterocycles. The zero-order chi connectivity index (χ0) is 18.1. The van der Waals surface area contributed by atoms with E-state index in [0.717, 1.165) is 0 Å². The van der Waals surface area contributed by atoms with Gasteiger partial charge < -0.3 is 9.47 Å². The van der Waals surface area contributed by atoms with Gasteiger partial charge in [-0.3, -0.25) is 9.63 Å². The van der Waals surface area contributed by atoms with E-state index in [1.807, 2.05) is 0 Å². The van der Waals surface area contributed by atoms with Crippen molar-refractivity contribution in [2.75, 3.05) is 13.7 Å². The Morgan fingerprint density at radius 1 is 1.52 bits per heavy atom. The number of esters is 1. The molecule has 2 heterocycles. The number of fused-ring (bicyclic) bond motifs is 1. The number of benzene rings is 1. The summed E-state index contributed by atoms with van der Waals surface area (Å²) in [7, 11) is 1.44. The van der Waals surface area contributed by atoms with Crippen LogP contribution in [0.25, 0.3) is 10.4 Å². The van der Waals surface area contributed by atoms with Gasteiger partial charge in [0.25, 0.3) is 0 Å². The number of methoxy groups -OCH3 is 1. The van der Waals surface area contributed by atoms with Crippen molar-refractivity contribution in [1.82, 2.24) is 5.06 Å². The van der Waals surface area contributed by atoms with Crippen LogP contribution in [0.2, 0.25) is 0 Å². The van der Waals surface area contributed by atoms with Gasteiger partial charge >= 0.3 is 5.97 Å². The fraction of sp³-hybridized carbons (Fsp3) is 0.533. The van der Waals surface area contributed by atoms with E-state index < -0.39 is 23.9 Å². The Labute approximate surface area is 151 Å². The van der Waals surface area contributed by atoms with E-state index in [-0.39, 0.29) is 30.7 Å². The average Bonchev–Trinajstić information content (AvgIpc) is 3.08. The van der Waals surface area contributed by atoms with Crippen LogP contribution in [0, 0.1) is 11.7 Å². The van der Waals surface area contributed by atoms with Crippen molar-refractivity contribution in [3.8, 4) is 5.75 Å². The molecule has 25 heavy (non-hydrogen) atoms. The fourth-order valence-corrected chi connectivity index (χ4v) is 3.91. The van der Waals surface area contributed by atoms with Crippen LogP contribution < -0.4 is 4.74 Å². The van der Waals surface area contributed by atoms with Crippen molar-refractivity contribution >= 4 is 21.9 Å². The molecule has 3 rings (SSSR count). The van der Waals surface area contributed by atoms with Crippen LogP contribution >= 0.6 is 15.9 Å². The molecule has 1 aromatic carbocycles. The second-order valence-electron chi connectivity index (χ2n) is 5.84. The molecule has 2 saturated heterocycles. The van der Waals surface area contributed by atoms with Gasteiger partial charge in [0, 0.05) is 10.5 Å². The molecule has 2 unspecified atom stereocenters. The van der Waals surface area contributed by atoms with Crippen molar-refractivity contribution in [2.45, 2.75) is 31.7 Å². The maximum Gasteiger partial charge on any atom is 0.326 e. The minimum absolute atomic E-state index is 0.00972. The van der Waals surface area contributed by atoms with Crippen LogP contribution in [0.15, 0.2) is 21.7 Å². The van der Waals surface area contributed by atoms with Gasteiger partial charge in [-0.25, -0.2) is 4.39 Å². The third-order valence-electron chi connectivity index (χ3n) is 4.46. The minimum Gasteiger partial charge on any atom is -0.495 e. The highest BCUT2D eigenvalue weighted by molar-refractivity contribution is 9.10. The van der Waals surface area contributed by atoms with Crippen LogP contribution in [0.4, 0.5) is 4.39 Å². The predicted octanol–water partition coefficient (Wildman–Crippen LogP) is 2.95. The maximum absolute atomic E-state index is 14.3. The number of rotatable bonds is 5. The largest absolute Gasteiger partial charge is 0.495 e. The predicted molar refractivity (Wildman–Crippen MR) is 87.9 cm³/mol. The fourth-order valence-electron chi connectivity index (χ4n) is 3.38. The molecule has 0 N–H and O–H groups in total. The van der Waals surface area contributed by atoms with E-state index >= 15 is 0 Å². The topological polar surface area (TPSA) is 96.8 Å². The first-order valence-electron chi connectivity index (χ1n) is 7.63. The lowest BCUT2D eigenvalue weighted by Crippen LogP contribution is -2.35. The van der Waals surface area contributed by atoms with Crippen molar-refractivity contribution in [1.29, 1.82) is 0 Å². The summed E-state index contributed by atoms with van der Waals surface area (Å²) in [5.41, 5.74) is 8.80. The molecule has 4 atom stereocenters. The summed E-state index contributed by atoms with van der Waals surface area (Å²) in [5.74, 6) is -0.870. The van der Waals surface area contributed by atoms with Crippen LogP contribution in [-0.4, -0.2) is 42.9 Å². The zero-order valence-electron chi connectivity index (χ0n) is 13.6. The number of carbonyl (C=O) groups is 1. The van der Waals surface area contributed by atoms with Crippen molar-refractivity contribution in [2.24, 2.45) is 11.0 Å². The first-order valence-corrected chi connectivity index (χ1v) is 8.42. The molecule has 0 radical (unpaired) electrons. The molecular formula is C15H16BrFN4O4. The average molecular weight is 415 g/mol. The van der Waals surface area contributed by atoms with Gasteiger partial charge in [0.1, 0.15) is 23.7 Å². The van der Waals surface area contributed by atoms with E-state index in [2.05, 4.69) is 26.0 Å². The highest BCUT2D eigenvalue weighted by Gasteiger charge is 2.56. The number of nitrogens with zero attached hydrogens (tertiary/aromatic N) is 4. The molecule has 1 aromatic rings. The van der Waals surface area contributed by atoms with Crippen molar-refractivity contribution < 1.29 is 23.5 Å². The molecule has 0 saturated carbocycles. The first-order chi connectivity index (χ1) is 12.0. The lowest BCUT2D eigenvalue weighted by atomic mass is 9.92. The van der Waals surface area contributed by atoms with Gasteiger partial charge in [0.05, 0.1) is 36.7 Å². The lowest BCUT2D eigenvalue weighted by Gasteiger charge is -2.22. The highest BCUT2D eigenvalue weighted by atomic mass is 79.9. The van der Waals surface area contributed by atoms with Gasteiger partial charge in [-0.1, -0.05) is 5.11 Å².